The number of anilines is 1. The van der Waals surface area contributed by atoms with E-state index >= 15 is 0 Å². The van der Waals surface area contributed by atoms with E-state index in [9.17, 15) is 9.50 Å². The van der Waals surface area contributed by atoms with Gasteiger partial charge >= 0.3 is 0 Å². The molecule has 1 fully saturated rings. The first-order valence-corrected chi connectivity index (χ1v) is 4.65. The van der Waals surface area contributed by atoms with Crippen molar-refractivity contribution >= 4 is 5.95 Å². The highest BCUT2D eigenvalue weighted by Crippen LogP contribution is 2.32. The monoisotopic (exact) mass is 197 g/mol. The third-order valence-corrected chi connectivity index (χ3v) is 2.26. The minimum atomic E-state index is -0.460. The molecule has 0 spiro atoms. The molecule has 1 aliphatic rings. The van der Waals surface area contributed by atoms with Crippen molar-refractivity contribution in [3.05, 3.63) is 18.2 Å². The molecule has 1 aromatic heterocycles. The molecule has 2 rings (SSSR count). The lowest BCUT2D eigenvalue weighted by Gasteiger charge is -2.09. The van der Waals surface area contributed by atoms with Crippen molar-refractivity contribution in [2.75, 3.05) is 11.9 Å². The first kappa shape index (κ1) is 9.33. The van der Waals surface area contributed by atoms with Crippen molar-refractivity contribution in [3.63, 3.8) is 0 Å². The van der Waals surface area contributed by atoms with Gasteiger partial charge in [-0.3, -0.25) is 0 Å². The summed E-state index contributed by atoms with van der Waals surface area (Å²) >= 11 is 0. The second kappa shape index (κ2) is 3.88. The molecule has 1 saturated carbocycles. The lowest BCUT2D eigenvalue weighted by Crippen LogP contribution is -2.22. The molecule has 1 unspecified atom stereocenters. The van der Waals surface area contributed by atoms with E-state index in [0.29, 0.717) is 18.4 Å². The van der Waals surface area contributed by atoms with Crippen molar-refractivity contribution in [2.45, 2.75) is 18.9 Å². The number of nitrogens with zero attached hydrogens (tertiary/aromatic N) is 2. The van der Waals surface area contributed by atoms with Crippen LogP contribution in [0.3, 0.4) is 0 Å². The maximum Gasteiger partial charge on any atom is 0.222 e. The maximum atomic E-state index is 12.4. The van der Waals surface area contributed by atoms with Crippen LogP contribution >= 0.6 is 0 Å². The smallest absolute Gasteiger partial charge is 0.222 e. The number of aliphatic hydroxyl groups is 1. The normalized spacial score (nSPS) is 17.9. The Balaban J connectivity index is 1.82. The standard InChI is InChI=1S/C9H12FN3O/c10-7-3-11-9(12-4-7)13-5-8(14)6-1-2-6/h3-4,6,8,14H,1-2,5H2,(H,11,12,13). The van der Waals surface area contributed by atoms with Crippen LogP contribution in [0.15, 0.2) is 12.4 Å². The Morgan fingerprint density at radius 2 is 2.14 bits per heavy atom. The molecule has 0 aliphatic heterocycles. The van der Waals surface area contributed by atoms with Crippen molar-refractivity contribution < 1.29 is 9.50 Å². The van der Waals surface area contributed by atoms with Crippen molar-refractivity contribution in [2.24, 2.45) is 5.92 Å². The average Bonchev–Trinajstić information content (AvgIpc) is 3.00. The minimum absolute atomic E-state index is 0.344. The zero-order chi connectivity index (χ0) is 9.97. The Kier molecular flexibility index (Phi) is 2.58. The summed E-state index contributed by atoms with van der Waals surface area (Å²) in [6.45, 7) is 0.427. The van der Waals surface area contributed by atoms with E-state index in [2.05, 4.69) is 15.3 Å². The lowest BCUT2D eigenvalue weighted by atomic mass is 10.2. The number of hydrogen-bond acceptors (Lipinski definition) is 4. The Labute approximate surface area is 81.2 Å². The molecule has 14 heavy (non-hydrogen) atoms. The zero-order valence-corrected chi connectivity index (χ0v) is 7.65. The highest BCUT2D eigenvalue weighted by molar-refractivity contribution is 5.22. The predicted octanol–water partition coefficient (Wildman–Crippen LogP) is 0.798. The van der Waals surface area contributed by atoms with Crippen molar-refractivity contribution in [1.29, 1.82) is 0 Å². The summed E-state index contributed by atoms with van der Waals surface area (Å²) in [5.74, 6) is 0.312. The average molecular weight is 197 g/mol. The Morgan fingerprint density at radius 1 is 1.50 bits per heavy atom. The summed E-state index contributed by atoms with van der Waals surface area (Å²) in [5, 5.41) is 12.4. The van der Waals surface area contributed by atoms with E-state index in [1.165, 1.54) is 0 Å². The molecule has 5 heteroatoms. The number of rotatable bonds is 4. The van der Waals surface area contributed by atoms with E-state index in [4.69, 9.17) is 0 Å². The van der Waals surface area contributed by atoms with Crippen LogP contribution in [0.4, 0.5) is 10.3 Å². The Morgan fingerprint density at radius 3 is 2.71 bits per heavy atom. The summed E-state index contributed by atoms with van der Waals surface area (Å²) in [6.07, 6.45) is 4.03. The molecule has 1 heterocycles. The first-order chi connectivity index (χ1) is 6.75. The third kappa shape index (κ3) is 2.38. The van der Waals surface area contributed by atoms with Gasteiger partial charge in [-0.05, 0) is 18.8 Å². The molecule has 2 N–H and O–H groups in total. The van der Waals surface area contributed by atoms with Crippen LogP contribution in [0.25, 0.3) is 0 Å². The fourth-order valence-electron chi connectivity index (χ4n) is 1.25. The van der Waals surface area contributed by atoms with Gasteiger partial charge in [-0.1, -0.05) is 0 Å². The summed E-state index contributed by atoms with van der Waals surface area (Å²) in [4.78, 5) is 7.44. The van der Waals surface area contributed by atoms with Crippen LogP contribution in [0.5, 0.6) is 0 Å². The molecule has 0 bridgehead atoms. The maximum absolute atomic E-state index is 12.4. The van der Waals surface area contributed by atoms with Gasteiger partial charge in [-0.2, -0.15) is 0 Å². The Hall–Kier alpha value is -1.23. The van der Waals surface area contributed by atoms with E-state index in [1.54, 1.807) is 0 Å². The highest BCUT2D eigenvalue weighted by Gasteiger charge is 2.29. The van der Waals surface area contributed by atoms with Gasteiger partial charge in [0.2, 0.25) is 5.95 Å². The molecule has 0 amide bonds. The molecule has 0 radical (unpaired) electrons. The van der Waals surface area contributed by atoms with E-state index in [-0.39, 0.29) is 6.10 Å². The molecular formula is C9H12FN3O. The van der Waals surface area contributed by atoms with Crippen LogP contribution in [-0.2, 0) is 0 Å². The van der Waals surface area contributed by atoms with Crippen LogP contribution < -0.4 is 5.32 Å². The Bertz CT molecular complexity index is 299. The molecule has 1 atom stereocenters. The van der Waals surface area contributed by atoms with Gasteiger partial charge in [0.05, 0.1) is 18.5 Å². The van der Waals surface area contributed by atoms with Gasteiger partial charge in [0.15, 0.2) is 5.82 Å². The second-order valence-corrected chi connectivity index (χ2v) is 3.51. The summed E-state index contributed by atoms with van der Waals surface area (Å²) in [5.41, 5.74) is 0. The van der Waals surface area contributed by atoms with Crippen LogP contribution in [0.1, 0.15) is 12.8 Å². The molecule has 0 aromatic carbocycles. The molecule has 0 saturated heterocycles. The molecular weight excluding hydrogens is 185 g/mol. The summed E-state index contributed by atoms with van der Waals surface area (Å²) in [6, 6.07) is 0. The van der Waals surface area contributed by atoms with Gasteiger partial charge in [-0.15, -0.1) is 0 Å². The van der Waals surface area contributed by atoms with Crippen molar-refractivity contribution in [3.8, 4) is 0 Å². The van der Waals surface area contributed by atoms with Crippen LogP contribution in [0.2, 0.25) is 0 Å². The molecule has 76 valence electrons. The third-order valence-electron chi connectivity index (χ3n) is 2.26. The fourth-order valence-corrected chi connectivity index (χ4v) is 1.25. The quantitative estimate of drug-likeness (QED) is 0.749. The van der Waals surface area contributed by atoms with Crippen LogP contribution in [0, 0.1) is 11.7 Å². The summed E-state index contributed by atoms with van der Waals surface area (Å²) in [7, 11) is 0. The van der Waals surface area contributed by atoms with Gasteiger partial charge < -0.3 is 10.4 Å². The number of hydrogen-bond donors (Lipinski definition) is 2. The SMILES string of the molecule is OC(CNc1ncc(F)cn1)C1CC1. The number of halogens is 1. The van der Waals surface area contributed by atoms with E-state index in [1.807, 2.05) is 0 Å². The van der Waals surface area contributed by atoms with Gasteiger partial charge in [0.1, 0.15) is 0 Å². The topological polar surface area (TPSA) is 58.0 Å². The lowest BCUT2D eigenvalue weighted by molar-refractivity contribution is 0.164. The highest BCUT2D eigenvalue weighted by atomic mass is 19.1. The molecule has 1 aromatic rings. The minimum Gasteiger partial charge on any atom is -0.391 e. The van der Waals surface area contributed by atoms with Crippen LogP contribution in [-0.4, -0.2) is 27.7 Å². The predicted molar refractivity (Wildman–Crippen MR) is 49.2 cm³/mol. The first-order valence-electron chi connectivity index (χ1n) is 4.65. The number of nitrogens with one attached hydrogen (secondary N) is 1. The van der Waals surface area contributed by atoms with E-state index < -0.39 is 5.82 Å². The largest absolute Gasteiger partial charge is 0.391 e. The number of aliphatic hydroxyl groups excluding tert-OH is 1. The fraction of sp³-hybridized carbons (Fsp3) is 0.556. The van der Waals surface area contributed by atoms with Gasteiger partial charge in [0, 0.05) is 6.54 Å². The van der Waals surface area contributed by atoms with Gasteiger partial charge in [-0.25, -0.2) is 14.4 Å². The zero-order valence-electron chi connectivity index (χ0n) is 7.65. The summed E-state index contributed by atoms with van der Waals surface area (Å²) < 4.78 is 12.4. The molecule has 1 aliphatic carbocycles. The molecule has 4 nitrogen and oxygen atoms in total. The van der Waals surface area contributed by atoms with E-state index in [0.717, 1.165) is 25.2 Å². The second-order valence-electron chi connectivity index (χ2n) is 3.51. The van der Waals surface area contributed by atoms with Crippen molar-refractivity contribution in [1.82, 2.24) is 9.97 Å². The number of aromatic nitrogens is 2. The van der Waals surface area contributed by atoms with Gasteiger partial charge in [0.25, 0.3) is 0 Å².